The van der Waals surface area contributed by atoms with E-state index in [-0.39, 0.29) is 63.6 Å². The molecule has 13 amide bonds. The lowest BCUT2D eigenvalue weighted by Gasteiger charge is -2.33. The highest BCUT2D eigenvalue weighted by Crippen LogP contribution is 2.24. The Bertz CT molecular complexity index is 2750. The highest BCUT2D eigenvalue weighted by molar-refractivity contribution is 6.00. The Labute approximate surface area is 553 Å². The monoisotopic (exact) mass is 1350 g/mol. The molecule has 95 heavy (non-hydrogen) atoms. The Morgan fingerprint density at radius 2 is 0.863 bits per heavy atom. The molecule has 0 bridgehead atoms. The number of rotatable bonds is 41. The van der Waals surface area contributed by atoms with Gasteiger partial charge in [0.15, 0.2) is 0 Å². The SMILES string of the molecule is CC(C)C[C@H](NC(=O)[C@@H]1CCCN1C(=O)[C@@H](NC(=O)[C@@H]1CCCN1C(=O)[C@H](CCC(=O)O)NC(=O)[C@H](C)NC(=O)[C@H](C)NC(=O)[C@H](C)NC(=O)[C@@H](N)CC(C)C)C(C)C)C(=O)N[C@H](C(=O)N[C@@H](CCCCN)C(=O)N[C@@H](CCC(N)=O)C(=O)N[C@@H](CC(=O)O)C(=O)O)C(C)C. The van der Waals surface area contributed by atoms with E-state index in [2.05, 4.69) is 47.9 Å². The lowest BCUT2D eigenvalue weighted by Crippen LogP contribution is -2.61. The second-order valence-electron chi connectivity index (χ2n) is 25.9. The minimum absolute atomic E-state index is 0.000819. The Balaban J connectivity index is 2.30. The van der Waals surface area contributed by atoms with Crippen LogP contribution in [0, 0.1) is 23.7 Å². The average molecular weight is 1350 g/mol. The number of nitrogens with zero attached hydrogens (tertiary/aromatic N) is 2. The number of carboxylic acids is 3. The van der Waals surface area contributed by atoms with Crippen LogP contribution < -0.4 is 70.4 Å². The molecule has 2 fully saturated rings. The molecule has 2 aliphatic rings. The van der Waals surface area contributed by atoms with Gasteiger partial charge in [-0.15, -0.1) is 0 Å². The number of amides is 13. The Morgan fingerprint density at radius 1 is 0.432 bits per heavy atom. The van der Waals surface area contributed by atoms with E-state index in [1.807, 2.05) is 19.2 Å². The first-order valence-corrected chi connectivity index (χ1v) is 32.4. The van der Waals surface area contributed by atoms with E-state index in [0.717, 1.165) is 0 Å². The van der Waals surface area contributed by atoms with Crippen molar-refractivity contribution in [2.45, 2.75) is 245 Å². The summed E-state index contributed by atoms with van der Waals surface area (Å²) in [5.41, 5.74) is 16.9. The summed E-state index contributed by atoms with van der Waals surface area (Å²) >= 11 is 0. The van der Waals surface area contributed by atoms with Crippen molar-refractivity contribution in [3.63, 3.8) is 0 Å². The summed E-state index contributed by atoms with van der Waals surface area (Å²) in [6, 6.07) is -17.3. The third-order valence-corrected chi connectivity index (χ3v) is 16.0. The molecule has 2 heterocycles. The van der Waals surface area contributed by atoms with Crippen LogP contribution in [0.3, 0.4) is 0 Å². The Morgan fingerprint density at radius 3 is 1.33 bits per heavy atom. The number of carboxylic acid groups (broad SMARTS) is 3. The average Bonchev–Trinajstić information content (AvgIpc) is 1.75. The van der Waals surface area contributed by atoms with E-state index < -0.39 is 217 Å². The molecule has 34 nitrogen and oxygen atoms in total. The summed E-state index contributed by atoms with van der Waals surface area (Å²) in [4.78, 5) is 214. The zero-order valence-corrected chi connectivity index (χ0v) is 56.3. The summed E-state index contributed by atoms with van der Waals surface area (Å²) in [6.45, 7) is 18.1. The van der Waals surface area contributed by atoms with Crippen LogP contribution in [0.1, 0.15) is 166 Å². The van der Waals surface area contributed by atoms with Gasteiger partial charge in [0.1, 0.15) is 72.5 Å². The molecule has 0 aromatic heterocycles. The number of primary amides is 1. The van der Waals surface area contributed by atoms with Gasteiger partial charge in [-0.3, -0.25) is 71.9 Å². The molecule has 13 atom stereocenters. The molecule has 2 rings (SSSR count). The minimum atomic E-state index is -1.92. The van der Waals surface area contributed by atoms with Crippen molar-refractivity contribution in [1.29, 1.82) is 0 Å². The van der Waals surface area contributed by atoms with Gasteiger partial charge in [-0.05, 0) is 122 Å². The van der Waals surface area contributed by atoms with Gasteiger partial charge < -0.3 is 95.5 Å². The second-order valence-corrected chi connectivity index (χ2v) is 25.9. The molecule has 0 saturated carbocycles. The van der Waals surface area contributed by atoms with Crippen LogP contribution in [0.4, 0.5) is 0 Å². The van der Waals surface area contributed by atoms with Crippen LogP contribution in [0.25, 0.3) is 0 Å². The van der Waals surface area contributed by atoms with E-state index in [1.54, 1.807) is 41.5 Å². The largest absolute Gasteiger partial charge is 0.481 e. The highest BCUT2D eigenvalue weighted by atomic mass is 16.4. The molecule has 0 aliphatic carbocycles. The molecule has 0 aromatic rings. The van der Waals surface area contributed by atoms with Crippen LogP contribution >= 0.6 is 0 Å². The third kappa shape index (κ3) is 27.7. The first-order chi connectivity index (χ1) is 44.3. The molecule has 19 N–H and O–H groups in total. The van der Waals surface area contributed by atoms with E-state index >= 15 is 0 Å². The minimum Gasteiger partial charge on any atom is -0.481 e. The lowest BCUT2D eigenvalue weighted by atomic mass is 9.98. The number of nitrogens with one attached hydrogen (secondary N) is 10. The molecular formula is C61H103N15O19. The number of nitrogens with two attached hydrogens (primary N) is 3. The van der Waals surface area contributed by atoms with Crippen LogP contribution in [0.5, 0.6) is 0 Å². The summed E-state index contributed by atoms with van der Waals surface area (Å²) in [6.07, 6.45) is -1.08. The predicted molar refractivity (Wildman–Crippen MR) is 340 cm³/mol. The quantitative estimate of drug-likeness (QED) is 0.0263. The van der Waals surface area contributed by atoms with E-state index in [0.29, 0.717) is 25.7 Å². The van der Waals surface area contributed by atoms with Crippen LogP contribution in [-0.4, -0.2) is 218 Å². The molecule has 0 aromatic carbocycles. The van der Waals surface area contributed by atoms with Gasteiger partial charge in [0.05, 0.1) is 12.5 Å². The smallest absolute Gasteiger partial charge is 0.326 e. The molecule has 0 unspecified atom stereocenters. The van der Waals surface area contributed by atoms with Gasteiger partial charge in [-0.25, -0.2) is 4.79 Å². The maximum absolute atomic E-state index is 14.6. The number of hydrogen-bond acceptors (Lipinski definition) is 18. The fourth-order valence-corrected chi connectivity index (χ4v) is 10.6. The molecule has 0 spiro atoms. The fraction of sp³-hybridized carbons (Fsp3) is 0.738. The first kappa shape index (κ1) is 82.5. The summed E-state index contributed by atoms with van der Waals surface area (Å²) in [7, 11) is 0. The van der Waals surface area contributed by atoms with Crippen LogP contribution in [0.2, 0.25) is 0 Å². The van der Waals surface area contributed by atoms with E-state index in [9.17, 15) is 92.0 Å². The zero-order valence-electron chi connectivity index (χ0n) is 56.3. The first-order valence-electron chi connectivity index (χ1n) is 32.4. The van der Waals surface area contributed by atoms with E-state index in [4.69, 9.17) is 17.2 Å². The van der Waals surface area contributed by atoms with Crippen molar-refractivity contribution in [3.8, 4) is 0 Å². The van der Waals surface area contributed by atoms with Crippen molar-refractivity contribution >= 4 is 94.7 Å². The van der Waals surface area contributed by atoms with Gasteiger partial charge in [0, 0.05) is 25.9 Å². The maximum Gasteiger partial charge on any atom is 0.326 e. The number of carbonyl (C=O) groups excluding carboxylic acids is 13. The van der Waals surface area contributed by atoms with Crippen molar-refractivity contribution in [2.75, 3.05) is 19.6 Å². The fourth-order valence-electron chi connectivity index (χ4n) is 10.6. The third-order valence-electron chi connectivity index (χ3n) is 16.0. The van der Waals surface area contributed by atoms with Crippen molar-refractivity contribution in [2.24, 2.45) is 40.9 Å². The normalized spacial score (nSPS) is 18.0. The van der Waals surface area contributed by atoms with Crippen LogP contribution in [-0.2, 0) is 76.7 Å². The van der Waals surface area contributed by atoms with Gasteiger partial charge in [-0.1, -0.05) is 55.4 Å². The predicted octanol–water partition coefficient (Wildman–Crippen LogP) is -3.57. The van der Waals surface area contributed by atoms with Crippen LogP contribution in [0.15, 0.2) is 0 Å². The molecular weight excluding hydrogens is 1250 g/mol. The molecule has 536 valence electrons. The number of likely N-dealkylation sites (tertiary alicyclic amines) is 2. The lowest BCUT2D eigenvalue weighted by molar-refractivity contribution is -0.147. The number of hydrogen-bond donors (Lipinski definition) is 16. The van der Waals surface area contributed by atoms with Crippen molar-refractivity contribution in [1.82, 2.24) is 63.0 Å². The van der Waals surface area contributed by atoms with Gasteiger partial charge in [0.2, 0.25) is 76.8 Å². The standard InChI is InChI=1S/C61H103N15O19/c1-29(2)26-36(63)52(85)67-34(10)50(83)65-33(9)49(82)66-35(11)51(84)70-39(20-22-45(78)79)59(92)75-24-14-18-43(75)57(90)74-48(32(7)8)60(93)76-25-15-17-42(76)56(89)71-40(27-30(3)4)55(88)73-47(31(5)6)58(91)69-37(16-12-13-23-62)53(86)68-38(19-21-44(64)77)54(87)72-41(61(94)95)28-46(80)81/h29-43,47-48H,12-28,62-63H2,1-11H3,(H2,64,77)(H,65,83)(H,66,82)(H,67,85)(H,68,86)(H,69,91)(H,70,84)(H,71,89)(H,72,87)(H,73,88)(H,74,90)(H,78,79)(H,80,81)(H,94,95)/t33-,34-,35-,36-,37-,38-,39-,40-,41-,42-,43-,47-,48-/m0/s1. The number of carbonyl (C=O) groups is 16. The van der Waals surface area contributed by atoms with Crippen molar-refractivity contribution < 1.29 is 92.0 Å². The molecule has 2 saturated heterocycles. The summed E-state index contributed by atoms with van der Waals surface area (Å²) in [5.74, 6) is -16.6. The van der Waals surface area contributed by atoms with E-state index in [1.165, 1.54) is 30.6 Å². The highest BCUT2D eigenvalue weighted by Gasteiger charge is 2.44. The maximum atomic E-state index is 14.6. The van der Waals surface area contributed by atoms with Crippen molar-refractivity contribution in [3.05, 3.63) is 0 Å². The second kappa shape index (κ2) is 40.0. The van der Waals surface area contributed by atoms with Gasteiger partial charge in [-0.2, -0.15) is 0 Å². The van der Waals surface area contributed by atoms with Gasteiger partial charge in [0.25, 0.3) is 0 Å². The zero-order chi connectivity index (χ0) is 72.3. The number of unbranched alkanes of at least 4 members (excludes halogenated alkanes) is 1. The Hall–Kier alpha value is -8.56. The Kier molecular flexibility index (Phi) is 34.7. The van der Waals surface area contributed by atoms with Gasteiger partial charge >= 0.3 is 17.9 Å². The topological polar surface area (TPSA) is 539 Å². The molecule has 2 aliphatic heterocycles. The summed E-state index contributed by atoms with van der Waals surface area (Å²) < 4.78 is 0. The summed E-state index contributed by atoms with van der Waals surface area (Å²) in [5, 5.41) is 53.4. The number of aliphatic carboxylic acids is 3. The molecule has 34 heteroatoms. The molecule has 0 radical (unpaired) electrons.